The van der Waals surface area contributed by atoms with Crippen molar-refractivity contribution >= 4 is 0 Å². The molecule has 1 unspecified atom stereocenters. The number of hydrogen-bond donors (Lipinski definition) is 0. The van der Waals surface area contributed by atoms with Gasteiger partial charge in [-0.15, -0.1) is 0 Å². The van der Waals surface area contributed by atoms with Gasteiger partial charge in [0.15, 0.2) is 0 Å². The average Bonchev–Trinajstić information content (AvgIpc) is 2.70. The van der Waals surface area contributed by atoms with Crippen LogP contribution in [-0.4, -0.2) is 24.5 Å². The third-order valence-electron chi connectivity index (χ3n) is 3.15. The van der Waals surface area contributed by atoms with E-state index in [1.165, 1.54) is 32.0 Å². The van der Waals surface area contributed by atoms with E-state index >= 15 is 0 Å². The largest absolute Gasteiger partial charge is 0.303 e. The van der Waals surface area contributed by atoms with Gasteiger partial charge in [-0.1, -0.05) is 19.1 Å². The van der Waals surface area contributed by atoms with Crippen molar-refractivity contribution in [1.29, 1.82) is 0 Å². The standard InChI is InChI=1S/C13H18FN/c1-11(10-15-7-2-3-8-15)12-5-4-6-13(14)9-12/h4-6,9,11H,2-3,7-8,10H2,1H3. The summed E-state index contributed by atoms with van der Waals surface area (Å²) in [5, 5.41) is 0. The van der Waals surface area contributed by atoms with Crippen molar-refractivity contribution in [2.75, 3.05) is 19.6 Å². The Balaban J connectivity index is 1.97. The minimum Gasteiger partial charge on any atom is -0.303 e. The van der Waals surface area contributed by atoms with Gasteiger partial charge in [-0.2, -0.15) is 0 Å². The highest BCUT2D eigenvalue weighted by Crippen LogP contribution is 2.19. The molecule has 0 saturated carbocycles. The summed E-state index contributed by atoms with van der Waals surface area (Å²) in [7, 11) is 0. The highest BCUT2D eigenvalue weighted by atomic mass is 19.1. The molecule has 1 heterocycles. The molecule has 1 aliphatic heterocycles. The molecule has 0 radical (unpaired) electrons. The van der Waals surface area contributed by atoms with Crippen LogP contribution in [0.5, 0.6) is 0 Å². The molecule has 2 rings (SSSR count). The Kier molecular flexibility index (Phi) is 3.37. The molecular weight excluding hydrogens is 189 g/mol. The normalized spacial score (nSPS) is 19.3. The van der Waals surface area contributed by atoms with Gasteiger partial charge in [0.05, 0.1) is 0 Å². The summed E-state index contributed by atoms with van der Waals surface area (Å²) in [6, 6.07) is 6.97. The van der Waals surface area contributed by atoms with Crippen molar-refractivity contribution < 1.29 is 4.39 Å². The summed E-state index contributed by atoms with van der Waals surface area (Å²) >= 11 is 0. The van der Waals surface area contributed by atoms with Crippen LogP contribution in [0.1, 0.15) is 31.2 Å². The van der Waals surface area contributed by atoms with Gasteiger partial charge in [0.1, 0.15) is 5.82 Å². The van der Waals surface area contributed by atoms with Gasteiger partial charge in [-0.3, -0.25) is 0 Å². The second-order valence-corrected chi connectivity index (χ2v) is 4.46. The number of benzene rings is 1. The van der Waals surface area contributed by atoms with E-state index in [0.29, 0.717) is 5.92 Å². The minimum absolute atomic E-state index is 0.124. The van der Waals surface area contributed by atoms with Gasteiger partial charge < -0.3 is 4.90 Å². The highest BCUT2D eigenvalue weighted by molar-refractivity contribution is 5.20. The maximum absolute atomic E-state index is 13.0. The molecule has 2 heteroatoms. The molecule has 1 aliphatic rings. The van der Waals surface area contributed by atoms with Gasteiger partial charge in [0.25, 0.3) is 0 Å². The van der Waals surface area contributed by atoms with Gasteiger partial charge in [-0.05, 0) is 49.5 Å². The fraction of sp³-hybridized carbons (Fsp3) is 0.538. The molecule has 0 amide bonds. The van der Waals surface area contributed by atoms with Gasteiger partial charge in [0, 0.05) is 6.54 Å². The molecule has 1 saturated heterocycles. The molecular formula is C13H18FN. The number of hydrogen-bond acceptors (Lipinski definition) is 1. The van der Waals surface area contributed by atoms with Crippen LogP contribution < -0.4 is 0 Å². The zero-order chi connectivity index (χ0) is 10.7. The van der Waals surface area contributed by atoms with Crippen LogP contribution in [0.2, 0.25) is 0 Å². The first-order valence-electron chi connectivity index (χ1n) is 5.73. The lowest BCUT2D eigenvalue weighted by molar-refractivity contribution is 0.320. The van der Waals surface area contributed by atoms with Crippen molar-refractivity contribution in [2.45, 2.75) is 25.7 Å². The van der Waals surface area contributed by atoms with E-state index < -0.39 is 0 Å². The van der Waals surface area contributed by atoms with Crippen LogP contribution in [0.15, 0.2) is 24.3 Å². The van der Waals surface area contributed by atoms with Crippen LogP contribution in [0, 0.1) is 5.82 Å². The van der Waals surface area contributed by atoms with Crippen LogP contribution in [-0.2, 0) is 0 Å². The monoisotopic (exact) mass is 207 g/mol. The second-order valence-electron chi connectivity index (χ2n) is 4.46. The van der Waals surface area contributed by atoms with Crippen LogP contribution in [0.25, 0.3) is 0 Å². The van der Waals surface area contributed by atoms with Crippen LogP contribution in [0.3, 0.4) is 0 Å². The SMILES string of the molecule is CC(CN1CCCC1)c1cccc(F)c1. The van der Waals surface area contributed by atoms with E-state index in [4.69, 9.17) is 0 Å². The van der Waals surface area contributed by atoms with Crippen molar-refractivity contribution in [3.05, 3.63) is 35.6 Å². The van der Waals surface area contributed by atoms with Crippen molar-refractivity contribution in [3.8, 4) is 0 Å². The lowest BCUT2D eigenvalue weighted by atomic mass is 10.0. The molecule has 15 heavy (non-hydrogen) atoms. The molecule has 1 aromatic carbocycles. The molecule has 82 valence electrons. The molecule has 1 aromatic rings. The topological polar surface area (TPSA) is 3.24 Å². The zero-order valence-electron chi connectivity index (χ0n) is 9.25. The van der Waals surface area contributed by atoms with E-state index in [1.54, 1.807) is 12.1 Å². The Morgan fingerprint density at radius 3 is 2.73 bits per heavy atom. The number of rotatable bonds is 3. The smallest absolute Gasteiger partial charge is 0.123 e. The molecule has 1 fully saturated rings. The summed E-state index contributed by atoms with van der Waals surface area (Å²) in [5.74, 6) is 0.305. The molecule has 1 atom stereocenters. The first-order valence-corrected chi connectivity index (χ1v) is 5.73. The lowest BCUT2D eigenvalue weighted by Crippen LogP contribution is -2.24. The predicted molar refractivity (Wildman–Crippen MR) is 60.5 cm³/mol. The van der Waals surface area contributed by atoms with E-state index in [9.17, 15) is 4.39 Å². The molecule has 0 aromatic heterocycles. The van der Waals surface area contributed by atoms with Crippen molar-refractivity contribution in [2.24, 2.45) is 0 Å². The first kappa shape index (κ1) is 10.6. The highest BCUT2D eigenvalue weighted by Gasteiger charge is 2.15. The fourth-order valence-corrected chi connectivity index (χ4v) is 2.27. The summed E-state index contributed by atoms with van der Waals surface area (Å²) in [4.78, 5) is 2.47. The van der Waals surface area contributed by atoms with Crippen molar-refractivity contribution in [1.82, 2.24) is 4.90 Å². The summed E-state index contributed by atoms with van der Waals surface area (Å²) in [6.07, 6.45) is 2.63. The van der Waals surface area contributed by atoms with Gasteiger partial charge in [0.2, 0.25) is 0 Å². The number of likely N-dealkylation sites (tertiary alicyclic amines) is 1. The quantitative estimate of drug-likeness (QED) is 0.736. The first-order chi connectivity index (χ1) is 7.25. The number of halogens is 1. The van der Waals surface area contributed by atoms with Gasteiger partial charge >= 0.3 is 0 Å². The summed E-state index contributed by atoms with van der Waals surface area (Å²) in [6.45, 7) is 5.65. The molecule has 0 spiro atoms. The Morgan fingerprint density at radius 1 is 1.33 bits per heavy atom. The van der Waals surface area contributed by atoms with E-state index in [1.807, 2.05) is 6.07 Å². The fourth-order valence-electron chi connectivity index (χ4n) is 2.27. The Hall–Kier alpha value is -0.890. The predicted octanol–water partition coefficient (Wildman–Crippen LogP) is 3.03. The van der Waals surface area contributed by atoms with E-state index in [2.05, 4.69) is 11.8 Å². The maximum Gasteiger partial charge on any atom is 0.123 e. The van der Waals surface area contributed by atoms with Crippen LogP contribution in [0.4, 0.5) is 4.39 Å². The Bertz CT molecular complexity index is 318. The van der Waals surface area contributed by atoms with Gasteiger partial charge in [-0.25, -0.2) is 4.39 Å². The van der Waals surface area contributed by atoms with Crippen LogP contribution >= 0.6 is 0 Å². The molecule has 0 bridgehead atoms. The summed E-state index contributed by atoms with van der Waals surface area (Å²) in [5.41, 5.74) is 1.11. The second kappa shape index (κ2) is 4.75. The average molecular weight is 207 g/mol. The third-order valence-corrected chi connectivity index (χ3v) is 3.15. The van der Waals surface area contributed by atoms with E-state index in [-0.39, 0.29) is 5.82 Å². The third kappa shape index (κ3) is 2.78. The Labute approximate surface area is 90.9 Å². The Morgan fingerprint density at radius 2 is 2.07 bits per heavy atom. The zero-order valence-corrected chi connectivity index (χ0v) is 9.25. The molecule has 1 nitrogen and oxygen atoms in total. The molecule has 0 N–H and O–H groups in total. The summed E-state index contributed by atoms with van der Waals surface area (Å²) < 4.78 is 13.0. The lowest BCUT2D eigenvalue weighted by Gasteiger charge is -2.20. The van der Waals surface area contributed by atoms with Crippen molar-refractivity contribution in [3.63, 3.8) is 0 Å². The minimum atomic E-state index is -0.124. The number of nitrogens with zero attached hydrogens (tertiary/aromatic N) is 1. The molecule has 0 aliphatic carbocycles. The maximum atomic E-state index is 13.0. The van der Waals surface area contributed by atoms with E-state index in [0.717, 1.165) is 12.1 Å².